The first-order chi connectivity index (χ1) is 12.6. The number of phenols is 1. The van der Waals surface area contributed by atoms with Crippen molar-refractivity contribution in [3.63, 3.8) is 0 Å². The summed E-state index contributed by atoms with van der Waals surface area (Å²) in [5.74, 6) is 0.784. The third-order valence-electron chi connectivity index (χ3n) is 4.91. The number of aliphatic hydroxyl groups excluding tert-OH is 1. The molecule has 0 aliphatic carbocycles. The molecule has 2 unspecified atom stereocenters. The Labute approximate surface area is 163 Å². The maximum Gasteiger partial charge on any atom is 0.172 e. The second kappa shape index (κ2) is 8.89. The first-order valence-electron chi connectivity index (χ1n) is 9.15. The SMILES string of the molecule is CCOc1cc(CC2CN(Cc3ccccc3)CCC2O)cc(Br)c1O. The predicted molar refractivity (Wildman–Crippen MR) is 107 cm³/mol. The topological polar surface area (TPSA) is 52.9 Å². The lowest BCUT2D eigenvalue weighted by atomic mass is 9.88. The van der Waals surface area contributed by atoms with Gasteiger partial charge in [-0.05, 0) is 59.0 Å². The zero-order valence-corrected chi connectivity index (χ0v) is 16.7. The summed E-state index contributed by atoms with van der Waals surface area (Å²) < 4.78 is 6.15. The maximum atomic E-state index is 10.5. The highest BCUT2D eigenvalue weighted by Gasteiger charge is 2.28. The number of piperidine rings is 1. The Bertz CT molecular complexity index is 723. The lowest BCUT2D eigenvalue weighted by Crippen LogP contribution is -2.43. The van der Waals surface area contributed by atoms with Gasteiger partial charge in [-0.25, -0.2) is 0 Å². The molecule has 0 bridgehead atoms. The molecular weight excluding hydrogens is 394 g/mol. The highest BCUT2D eigenvalue weighted by molar-refractivity contribution is 9.10. The number of hydrogen-bond donors (Lipinski definition) is 2. The van der Waals surface area contributed by atoms with E-state index in [1.54, 1.807) is 0 Å². The molecule has 1 heterocycles. The van der Waals surface area contributed by atoms with Crippen molar-refractivity contribution in [1.29, 1.82) is 0 Å². The van der Waals surface area contributed by atoms with Crippen molar-refractivity contribution in [2.24, 2.45) is 5.92 Å². The van der Waals surface area contributed by atoms with E-state index in [1.165, 1.54) is 5.56 Å². The number of phenolic OH excluding ortho intramolecular Hbond substituents is 1. The van der Waals surface area contributed by atoms with Gasteiger partial charge in [0, 0.05) is 25.6 Å². The van der Waals surface area contributed by atoms with Crippen LogP contribution in [0.1, 0.15) is 24.5 Å². The van der Waals surface area contributed by atoms with Gasteiger partial charge < -0.3 is 14.9 Å². The van der Waals surface area contributed by atoms with Gasteiger partial charge in [0.2, 0.25) is 0 Å². The molecule has 1 saturated heterocycles. The maximum absolute atomic E-state index is 10.5. The number of likely N-dealkylation sites (tertiary alicyclic amines) is 1. The molecule has 2 aromatic carbocycles. The standard InChI is InChI=1S/C21H26BrNO3/c1-2-26-20-12-16(11-18(22)21(20)25)10-17-14-23(9-8-19(17)24)13-15-6-4-3-5-7-15/h3-7,11-12,17,19,24-25H,2,8-10,13-14H2,1H3. The van der Waals surface area contributed by atoms with Gasteiger partial charge >= 0.3 is 0 Å². The molecule has 0 amide bonds. The van der Waals surface area contributed by atoms with Crippen LogP contribution < -0.4 is 4.74 Å². The van der Waals surface area contributed by atoms with Crippen LogP contribution in [0.4, 0.5) is 0 Å². The summed E-state index contributed by atoms with van der Waals surface area (Å²) in [6.45, 7) is 5.08. The van der Waals surface area contributed by atoms with Gasteiger partial charge in [0.1, 0.15) is 0 Å². The van der Waals surface area contributed by atoms with Crippen molar-refractivity contribution in [3.05, 3.63) is 58.1 Å². The van der Waals surface area contributed by atoms with E-state index in [1.807, 2.05) is 25.1 Å². The fourth-order valence-electron chi connectivity index (χ4n) is 3.59. The summed E-state index contributed by atoms with van der Waals surface area (Å²) in [6, 6.07) is 14.2. The van der Waals surface area contributed by atoms with Crippen molar-refractivity contribution in [2.45, 2.75) is 32.4 Å². The van der Waals surface area contributed by atoms with Crippen molar-refractivity contribution in [2.75, 3.05) is 19.7 Å². The fraction of sp³-hybridized carbons (Fsp3) is 0.429. The molecular formula is C21H26BrNO3. The summed E-state index contributed by atoms with van der Waals surface area (Å²) in [5.41, 5.74) is 2.36. The molecule has 5 heteroatoms. The fourth-order valence-corrected chi connectivity index (χ4v) is 4.08. The summed E-state index contributed by atoms with van der Waals surface area (Å²) in [7, 11) is 0. The highest BCUT2D eigenvalue weighted by atomic mass is 79.9. The van der Waals surface area contributed by atoms with E-state index < -0.39 is 0 Å². The number of rotatable bonds is 6. The Kier molecular flexibility index (Phi) is 6.57. The monoisotopic (exact) mass is 419 g/mol. The van der Waals surface area contributed by atoms with Crippen molar-refractivity contribution in [1.82, 2.24) is 4.90 Å². The van der Waals surface area contributed by atoms with Gasteiger partial charge in [-0.2, -0.15) is 0 Å². The lowest BCUT2D eigenvalue weighted by Gasteiger charge is -2.36. The van der Waals surface area contributed by atoms with E-state index in [4.69, 9.17) is 4.74 Å². The molecule has 4 nitrogen and oxygen atoms in total. The second-order valence-corrected chi connectivity index (χ2v) is 7.75. The Morgan fingerprint density at radius 2 is 1.96 bits per heavy atom. The minimum absolute atomic E-state index is 0.130. The minimum Gasteiger partial charge on any atom is -0.503 e. The number of halogens is 1. The molecule has 3 rings (SSSR count). The third-order valence-corrected chi connectivity index (χ3v) is 5.52. The summed E-state index contributed by atoms with van der Waals surface area (Å²) in [5, 5.41) is 20.6. The van der Waals surface area contributed by atoms with E-state index in [0.29, 0.717) is 16.8 Å². The van der Waals surface area contributed by atoms with E-state index in [9.17, 15) is 10.2 Å². The first-order valence-corrected chi connectivity index (χ1v) is 9.94. The van der Waals surface area contributed by atoms with Gasteiger partial charge in [0.05, 0.1) is 17.2 Å². The van der Waals surface area contributed by atoms with E-state index in [2.05, 4.69) is 45.1 Å². The second-order valence-electron chi connectivity index (χ2n) is 6.90. The van der Waals surface area contributed by atoms with Crippen LogP contribution in [0.3, 0.4) is 0 Å². The third kappa shape index (κ3) is 4.78. The van der Waals surface area contributed by atoms with E-state index in [-0.39, 0.29) is 17.8 Å². The van der Waals surface area contributed by atoms with Crippen LogP contribution in [0.15, 0.2) is 46.9 Å². The Morgan fingerprint density at radius 3 is 2.69 bits per heavy atom. The number of benzene rings is 2. The number of nitrogens with zero attached hydrogens (tertiary/aromatic N) is 1. The Balaban J connectivity index is 1.69. The van der Waals surface area contributed by atoms with Gasteiger partial charge in [-0.1, -0.05) is 30.3 Å². The number of hydrogen-bond acceptors (Lipinski definition) is 4. The molecule has 2 atom stereocenters. The van der Waals surface area contributed by atoms with Crippen LogP contribution >= 0.6 is 15.9 Å². The summed E-state index contributed by atoms with van der Waals surface area (Å²) in [4.78, 5) is 2.41. The molecule has 0 saturated carbocycles. The molecule has 2 aromatic rings. The normalized spacial score (nSPS) is 20.9. The molecule has 0 aromatic heterocycles. The van der Waals surface area contributed by atoms with Crippen molar-refractivity contribution < 1.29 is 14.9 Å². The predicted octanol–water partition coefficient (Wildman–Crippen LogP) is 3.98. The van der Waals surface area contributed by atoms with Crippen molar-refractivity contribution in [3.8, 4) is 11.5 Å². The van der Waals surface area contributed by atoms with E-state index in [0.717, 1.165) is 38.0 Å². The number of aromatic hydroxyl groups is 1. The van der Waals surface area contributed by atoms with Crippen LogP contribution in [-0.4, -0.2) is 40.9 Å². The molecule has 1 aliphatic rings. The number of ether oxygens (including phenoxy) is 1. The summed E-state index contributed by atoms with van der Waals surface area (Å²) in [6.07, 6.45) is 1.24. The molecule has 2 N–H and O–H groups in total. The van der Waals surface area contributed by atoms with Crippen LogP contribution in [0, 0.1) is 5.92 Å². The number of aliphatic hydroxyl groups is 1. The molecule has 26 heavy (non-hydrogen) atoms. The minimum atomic E-state index is -0.301. The van der Waals surface area contributed by atoms with Crippen LogP contribution in [-0.2, 0) is 13.0 Å². The lowest BCUT2D eigenvalue weighted by molar-refractivity contribution is 0.0239. The Hall–Kier alpha value is -1.56. The molecule has 140 valence electrons. The molecule has 0 radical (unpaired) electrons. The summed E-state index contributed by atoms with van der Waals surface area (Å²) >= 11 is 3.40. The van der Waals surface area contributed by atoms with Crippen LogP contribution in [0.25, 0.3) is 0 Å². The Morgan fingerprint density at radius 1 is 1.19 bits per heavy atom. The zero-order valence-electron chi connectivity index (χ0n) is 15.1. The highest BCUT2D eigenvalue weighted by Crippen LogP contribution is 2.36. The average molecular weight is 420 g/mol. The van der Waals surface area contributed by atoms with Crippen LogP contribution in [0.2, 0.25) is 0 Å². The molecule has 1 aliphatic heterocycles. The van der Waals surface area contributed by atoms with Crippen molar-refractivity contribution >= 4 is 15.9 Å². The zero-order chi connectivity index (χ0) is 18.5. The van der Waals surface area contributed by atoms with Gasteiger partial charge in [0.25, 0.3) is 0 Å². The first kappa shape index (κ1) is 19.2. The smallest absolute Gasteiger partial charge is 0.172 e. The van der Waals surface area contributed by atoms with E-state index >= 15 is 0 Å². The van der Waals surface area contributed by atoms with Crippen LogP contribution in [0.5, 0.6) is 11.5 Å². The van der Waals surface area contributed by atoms with Gasteiger partial charge in [0.15, 0.2) is 11.5 Å². The van der Waals surface area contributed by atoms with Gasteiger partial charge in [-0.15, -0.1) is 0 Å². The molecule has 1 fully saturated rings. The quantitative estimate of drug-likeness (QED) is 0.743. The molecule has 0 spiro atoms. The largest absolute Gasteiger partial charge is 0.503 e. The average Bonchev–Trinajstić information content (AvgIpc) is 2.63. The van der Waals surface area contributed by atoms with Gasteiger partial charge in [-0.3, -0.25) is 4.90 Å².